The number of para-hydroxylation sites is 2. The van der Waals surface area contributed by atoms with Crippen molar-refractivity contribution in [3.8, 4) is 5.75 Å². The van der Waals surface area contributed by atoms with Crippen LogP contribution in [0.25, 0.3) is 0 Å². The Morgan fingerprint density at radius 3 is 2.81 bits per heavy atom. The SMILES string of the molecule is CCOc1ccccc1N1C[C@@H](C(=O)Nc2ccc(F)cc2C)CC1=O. The molecule has 26 heavy (non-hydrogen) atoms. The molecule has 1 N–H and O–H groups in total. The van der Waals surface area contributed by atoms with Crippen molar-refractivity contribution in [1.82, 2.24) is 0 Å². The van der Waals surface area contributed by atoms with Gasteiger partial charge in [0, 0.05) is 18.7 Å². The van der Waals surface area contributed by atoms with Gasteiger partial charge >= 0.3 is 0 Å². The first-order valence-electron chi connectivity index (χ1n) is 8.58. The summed E-state index contributed by atoms with van der Waals surface area (Å²) in [6.07, 6.45) is 0.131. The van der Waals surface area contributed by atoms with Gasteiger partial charge in [-0.1, -0.05) is 12.1 Å². The molecule has 2 aromatic carbocycles. The van der Waals surface area contributed by atoms with Gasteiger partial charge in [0.05, 0.1) is 18.2 Å². The van der Waals surface area contributed by atoms with E-state index in [-0.39, 0.29) is 30.6 Å². The maximum atomic E-state index is 13.2. The van der Waals surface area contributed by atoms with Gasteiger partial charge in [-0.3, -0.25) is 9.59 Å². The molecule has 1 saturated heterocycles. The van der Waals surface area contributed by atoms with Crippen LogP contribution in [0.15, 0.2) is 42.5 Å². The average molecular weight is 356 g/mol. The predicted octanol–water partition coefficient (Wildman–Crippen LogP) is 3.52. The van der Waals surface area contributed by atoms with E-state index >= 15 is 0 Å². The fraction of sp³-hybridized carbons (Fsp3) is 0.300. The molecule has 1 atom stereocenters. The topological polar surface area (TPSA) is 58.6 Å². The fourth-order valence-corrected chi connectivity index (χ4v) is 3.08. The molecule has 1 heterocycles. The van der Waals surface area contributed by atoms with Gasteiger partial charge < -0.3 is 15.0 Å². The number of hydrogen-bond acceptors (Lipinski definition) is 3. The van der Waals surface area contributed by atoms with E-state index in [1.54, 1.807) is 17.9 Å². The Bertz CT molecular complexity index is 838. The third kappa shape index (κ3) is 3.69. The quantitative estimate of drug-likeness (QED) is 0.892. The van der Waals surface area contributed by atoms with E-state index in [2.05, 4.69) is 5.32 Å². The zero-order chi connectivity index (χ0) is 18.7. The predicted molar refractivity (Wildman–Crippen MR) is 97.8 cm³/mol. The van der Waals surface area contributed by atoms with Crippen molar-refractivity contribution in [2.75, 3.05) is 23.4 Å². The fourth-order valence-electron chi connectivity index (χ4n) is 3.08. The number of ether oxygens (including phenoxy) is 1. The monoisotopic (exact) mass is 356 g/mol. The van der Waals surface area contributed by atoms with Gasteiger partial charge in [0.1, 0.15) is 11.6 Å². The molecule has 136 valence electrons. The van der Waals surface area contributed by atoms with E-state index in [0.717, 1.165) is 0 Å². The molecule has 0 aliphatic carbocycles. The highest BCUT2D eigenvalue weighted by Gasteiger charge is 2.36. The van der Waals surface area contributed by atoms with Crippen LogP contribution in [-0.2, 0) is 9.59 Å². The highest BCUT2D eigenvalue weighted by Crippen LogP contribution is 2.33. The number of nitrogens with zero attached hydrogens (tertiary/aromatic N) is 1. The molecular formula is C20H21FN2O3. The van der Waals surface area contributed by atoms with Crippen LogP contribution in [0.3, 0.4) is 0 Å². The molecule has 0 unspecified atom stereocenters. The summed E-state index contributed by atoms with van der Waals surface area (Å²) in [5.74, 6) is -0.562. The Balaban J connectivity index is 1.74. The zero-order valence-electron chi connectivity index (χ0n) is 14.8. The van der Waals surface area contributed by atoms with Crippen LogP contribution in [0, 0.1) is 18.7 Å². The Morgan fingerprint density at radius 1 is 1.31 bits per heavy atom. The first-order chi connectivity index (χ1) is 12.5. The summed E-state index contributed by atoms with van der Waals surface area (Å²) < 4.78 is 18.8. The molecule has 1 aliphatic rings. The summed E-state index contributed by atoms with van der Waals surface area (Å²) in [6, 6.07) is 11.5. The molecule has 2 aromatic rings. The molecule has 0 radical (unpaired) electrons. The van der Waals surface area contributed by atoms with E-state index in [0.29, 0.717) is 29.3 Å². The van der Waals surface area contributed by atoms with Crippen molar-refractivity contribution in [2.24, 2.45) is 5.92 Å². The maximum absolute atomic E-state index is 13.2. The summed E-state index contributed by atoms with van der Waals surface area (Å²) in [5, 5.41) is 2.80. The molecule has 1 fully saturated rings. The summed E-state index contributed by atoms with van der Waals surface area (Å²) in [7, 11) is 0. The van der Waals surface area contributed by atoms with E-state index in [9.17, 15) is 14.0 Å². The second-order valence-electron chi connectivity index (χ2n) is 6.25. The lowest BCUT2D eigenvalue weighted by Crippen LogP contribution is -2.28. The van der Waals surface area contributed by atoms with E-state index in [4.69, 9.17) is 4.74 Å². The summed E-state index contributed by atoms with van der Waals surface area (Å²) >= 11 is 0. The number of carbonyl (C=O) groups excluding carboxylic acids is 2. The van der Waals surface area contributed by atoms with Gasteiger partial charge in [-0.2, -0.15) is 0 Å². The average Bonchev–Trinajstić information content (AvgIpc) is 3.00. The summed E-state index contributed by atoms with van der Waals surface area (Å²) in [5.41, 5.74) is 1.87. The zero-order valence-corrected chi connectivity index (χ0v) is 14.8. The Labute approximate surface area is 151 Å². The van der Waals surface area contributed by atoms with Gasteiger partial charge in [0.15, 0.2) is 0 Å². The number of anilines is 2. The minimum absolute atomic E-state index is 0.117. The third-order valence-electron chi connectivity index (χ3n) is 4.40. The first kappa shape index (κ1) is 17.9. The number of rotatable bonds is 5. The minimum Gasteiger partial charge on any atom is -0.492 e. The molecule has 2 amide bonds. The lowest BCUT2D eigenvalue weighted by atomic mass is 10.1. The molecule has 0 aromatic heterocycles. The van der Waals surface area contributed by atoms with Crippen LogP contribution in [0.5, 0.6) is 5.75 Å². The van der Waals surface area contributed by atoms with Crippen LogP contribution >= 0.6 is 0 Å². The molecular weight excluding hydrogens is 335 g/mol. The van der Waals surface area contributed by atoms with Gasteiger partial charge in [0.2, 0.25) is 11.8 Å². The highest BCUT2D eigenvalue weighted by molar-refractivity contribution is 6.04. The molecule has 5 nitrogen and oxygen atoms in total. The Kier molecular flexibility index (Phi) is 5.21. The minimum atomic E-state index is -0.471. The molecule has 6 heteroatoms. The molecule has 0 bridgehead atoms. The highest BCUT2D eigenvalue weighted by atomic mass is 19.1. The van der Waals surface area contributed by atoms with E-state index in [1.165, 1.54) is 18.2 Å². The largest absolute Gasteiger partial charge is 0.492 e. The Hall–Kier alpha value is -2.89. The number of benzene rings is 2. The second-order valence-corrected chi connectivity index (χ2v) is 6.25. The van der Waals surface area contributed by atoms with E-state index in [1.807, 2.05) is 25.1 Å². The number of amides is 2. The maximum Gasteiger partial charge on any atom is 0.229 e. The lowest BCUT2D eigenvalue weighted by molar-refractivity contribution is -0.122. The molecule has 0 spiro atoms. The number of hydrogen-bond donors (Lipinski definition) is 1. The van der Waals surface area contributed by atoms with Crippen molar-refractivity contribution < 1.29 is 18.7 Å². The number of nitrogens with one attached hydrogen (secondary N) is 1. The van der Waals surface area contributed by atoms with Crippen molar-refractivity contribution in [3.05, 3.63) is 53.8 Å². The second kappa shape index (κ2) is 7.56. The number of halogens is 1. The molecule has 3 rings (SSSR count). The summed E-state index contributed by atoms with van der Waals surface area (Å²) in [4.78, 5) is 26.6. The lowest BCUT2D eigenvalue weighted by Gasteiger charge is -2.20. The van der Waals surface area contributed by atoms with Crippen LogP contribution in [0.2, 0.25) is 0 Å². The molecule has 0 saturated carbocycles. The van der Waals surface area contributed by atoms with Crippen molar-refractivity contribution in [2.45, 2.75) is 20.3 Å². The van der Waals surface area contributed by atoms with Crippen molar-refractivity contribution >= 4 is 23.2 Å². The number of carbonyl (C=O) groups is 2. The van der Waals surface area contributed by atoms with E-state index < -0.39 is 5.92 Å². The van der Waals surface area contributed by atoms with Crippen molar-refractivity contribution in [3.63, 3.8) is 0 Å². The van der Waals surface area contributed by atoms with Gasteiger partial charge in [-0.05, 0) is 49.7 Å². The van der Waals surface area contributed by atoms with Gasteiger partial charge in [-0.15, -0.1) is 0 Å². The number of aryl methyl sites for hydroxylation is 1. The summed E-state index contributed by atoms with van der Waals surface area (Å²) in [6.45, 7) is 4.38. The van der Waals surface area contributed by atoms with Crippen molar-refractivity contribution in [1.29, 1.82) is 0 Å². The molecule has 1 aliphatic heterocycles. The van der Waals surface area contributed by atoms with Gasteiger partial charge in [-0.25, -0.2) is 4.39 Å². The first-order valence-corrected chi connectivity index (χ1v) is 8.58. The van der Waals surface area contributed by atoms with Crippen LogP contribution in [0.4, 0.5) is 15.8 Å². The Morgan fingerprint density at radius 2 is 2.08 bits per heavy atom. The third-order valence-corrected chi connectivity index (χ3v) is 4.40. The smallest absolute Gasteiger partial charge is 0.229 e. The van der Waals surface area contributed by atoms with Gasteiger partial charge in [0.25, 0.3) is 0 Å². The van der Waals surface area contributed by atoms with Crippen LogP contribution < -0.4 is 15.0 Å². The van der Waals surface area contributed by atoms with Crippen LogP contribution in [0.1, 0.15) is 18.9 Å². The van der Waals surface area contributed by atoms with Crippen LogP contribution in [-0.4, -0.2) is 25.0 Å². The standard InChI is InChI=1S/C20H21FN2O3/c1-3-26-18-7-5-4-6-17(18)23-12-14(11-19(23)24)20(25)22-16-9-8-15(21)10-13(16)2/h4-10,14H,3,11-12H2,1-2H3,(H,22,25)/t14-/m0/s1. The normalized spacial score (nSPS) is 16.7.